The molecule has 0 heterocycles. The van der Waals surface area contributed by atoms with Gasteiger partial charge in [-0.15, -0.1) is 0 Å². The highest BCUT2D eigenvalue weighted by atomic mass is 79.9. The van der Waals surface area contributed by atoms with Crippen molar-refractivity contribution in [2.45, 2.75) is 47.6 Å². The number of halogens is 1. The van der Waals surface area contributed by atoms with Crippen LogP contribution < -0.4 is 4.90 Å². The number of aryl methyl sites for hydroxylation is 4. The van der Waals surface area contributed by atoms with Crippen molar-refractivity contribution in [3.63, 3.8) is 0 Å². The predicted octanol–water partition coefficient (Wildman–Crippen LogP) is 7.90. The van der Waals surface area contributed by atoms with Crippen LogP contribution in [-0.2, 0) is 6.54 Å². The van der Waals surface area contributed by atoms with E-state index in [1.807, 2.05) is 29.2 Å². The van der Waals surface area contributed by atoms with Gasteiger partial charge in [0.2, 0.25) is 0 Å². The molecule has 0 radical (unpaired) electrons. The second-order valence-corrected chi connectivity index (χ2v) is 10.7. The van der Waals surface area contributed by atoms with Crippen LogP contribution in [0.1, 0.15) is 51.5 Å². The van der Waals surface area contributed by atoms with E-state index in [1.54, 1.807) is 0 Å². The Bertz CT molecular complexity index is 1160. The van der Waals surface area contributed by atoms with Crippen LogP contribution in [0.2, 0.25) is 0 Å². The normalized spacial score (nSPS) is 12.7. The smallest absolute Gasteiger partial charge is 0.258 e. The molecule has 4 heteroatoms. The largest absolute Gasteiger partial charge is 0.308 e. The first-order valence-corrected chi connectivity index (χ1v) is 13.2. The van der Waals surface area contributed by atoms with Crippen LogP contribution in [0.4, 0.5) is 5.69 Å². The van der Waals surface area contributed by atoms with E-state index in [0.29, 0.717) is 12.1 Å². The number of hydrogen-bond acceptors (Lipinski definition) is 1. The zero-order valence-corrected chi connectivity index (χ0v) is 23.4. The van der Waals surface area contributed by atoms with Crippen molar-refractivity contribution in [1.82, 2.24) is 0 Å². The molecule has 0 bridgehead atoms. The van der Waals surface area contributed by atoms with E-state index in [4.69, 9.17) is 0 Å². The van der Waals surface area contributed by atoms with Crippen molar-refractivity contribution in [2.24, 2.45) is 0 Å². The minimum Gasteiger partial charge on any atom is -0.308 e. The maximum Gasteiger partial charge on any atom is 0.258 e. The molecule has 0 aliphatic rings. The molecule has 0 spiro atoms. The summed E-state index contributed by atoms with van der Waals surface area (Å²) in [4.78, 5) is 15.6. The molecule has 35 heavy (non-hydrogen) atoms. The Morgan fingerprint density at radius 1 is 0.943 bits per heavy atom. The van der Waals surface area contributed by atoms with E-state index in [2.05, 4.69) is 99.7 Å². The van der Waals surface area contributed by atoms with Gasteiger partial charge in [0.05, 0.1) is 19.3 Å². The number of nitrogens with zero attached hydrogens (tertiary/aromatic N) is 2. The van der Waals surface area contributed by atoms with Crippen molar-refractivity contribution in [3.05, 3.63) is 111 Å². The molecule has 184 valence electrons. The van der Waals surface area contributed by atoms with Crippen LogP contribution in [0.5, 0.6) is 0 Å². The molecule has 3 rings (SSSR count). The second kappa shape index (κ2) is 11.8. The first kappa shape index (κ1) is 26.9. The molecule has 0 fully saturated rings. The number of quaternary nitrogens is 1. The van der Waals surface area contributed by atoms with Crippen molar-refractivity contribution in [3.8, 4) is 0 Å². The number of hydrogen-bond donors (Lipinski definition) is 0. The summed E-state index contributed by atoms with van der Waals surface area (Å²) in [5.74, 6) is 0.0267. The van der Waals surface area contributed by atoms with E-state index in [0.717, 1.165) is 51.8 Å². The molecule has 0 aromatic heterocycles. The van der Waals surface area contributed by atoms with Gasteiger partial charge in [-0.2, -0.15) is 0 Å². The Morgan fingerprint density at radius 3 is 2.09 bits per heavy atom. The fourth-order valence-electron chi connectivity index (χ4n) is 4.93. The van der Waals surface area contributed by atoms with E-state index in [1.165, 1.54) is 16.7 Å². The Hall–Kier alpha value is -2.69. The highest BCUT2D eigenvalue weighted by Gasteiger charge is 2.25. The molecule has 1 amide bonds. The molecule has 3 nitrogen and oxygen atoms in total. The maximum atomic E-state index is 13.7. The molecular formula is C31H38BrN2O+. The summed E-state index contributed by atoms with van der Waals surface area (Å²) in [6.45, 7) is 18.3. The third kappa shape index (κ3) is 7.16. The highest BCUT2D eigenvalue weighted by molar-refractivity contribution is 9.10. The van der Waals surface area contributed by atoms with Crippen LogP contribution in [0, 0.1) is 27.7 Å². The number of carbonyl (C=O) groups excluding carboxylic acids is 1. The molecule has 1 atom stereocenters. The zero-order valence-electron chi connectivity index (χ0n) is 21.8. The molecule has 1 unspecified atom stereocenters. The molecule has 3 aromatic rings. The molecule has 0 N–H and O–H groups in total. The Kier molecular flexibility index (Phi) is 9.09. The summed E-state index contributed by atoms with van der Waals surface area (Å²) < 4.78 is 1.69. The summed E-state index contributed by atoms with van der Waals surface area (Å²) in [5, 5.41) is 0. The average Bonchev–Trinajstić information content (AvgIpc) is 2.79. The topological polar surface area (TPSA) is 20.3 Å². The number of anilines is 1. The van der Waals surface area contributed by atoms with E-state index in [9.17, 15) is 4.79 Å². The molecule has 0 aliphatic carbocycles. The molecule has 0 saturated carbocycles. The fourth-order valence-corrected chi connectivity index (χ4v) is 5.33. The summed E-state index contributed by atoms with van der Waals surface area (Å²) in [6, 6.07) is 20.8. The van der Waals surface area contributed by atoms with Crippen molar-refractivity contribution < 1.29 is 9.28 Å². The third-order valence-electron chi connectivity index (χ3n) is 6.62. The second-order valence-electron chi connectivity index (χ2n) is 9.76. The van der Waals surface area contributed by atoms with Crippen molar-refractivity contribution >= 4 is 27.5 Å². The fraction of sp³-hybridized carbons (Fsp3) is 0.323. The minimum atomic E-state index is 0.0267. The van der Waals surface area contributed by atoms with Crippen LogP contribution in [0.25, 0.3) is 0 Å². The van der Waals surface area contributed by atoms with Gasteiger partial charge in [0.25, 0.3) is 5.91 Å². The van der Waals surface area contributed by atoms with Gasteiger partial charge in [0, 0.05) is 34.3 Å². The van der Waals surface area contributed by atoms with Gasteiger partial charge in [-0.25, -0.2) is 0 Å². The van der Waals surface area contributed by atoms with Gasteiger partial charge < -0.3 is 4.90 Å². The zero-order chi connectivity index (χ0) is 25.6. The third-order valence-corrected chi connectivity index (χ3v) is 7.11. The standard InChI is InChI=1S/C31H38BrN2O/c1-7-34(8-2,22-27-17-23(3)15-24(4)18-27)14-10-13-33(30-19-25(5)16-26(6)20-30)31(35)28-11-9-12-29(32)21-28/h7,9,11-12,15-21H,1,8,10,13-14,22H2,2-6H3/q+1. The van der Waals surface area contributed by atoms with Gasteiger partial charge in [-0.05, 0) is 82.7 Å². The van der Waals surface area contributed by atoms with Crippen LogP contribution in [-0.4, -0.2) is 30.0 Å². The molecule has 0 saturated heterocycles. The highest BCUT2D eigenvalue weighted by Crippen LogP contribution is 2.24. The van der Waals surface area contributed by atoms with Crippen LogP contribution in [0.15, 0.2) is 77.9 Å². The minimum absolute atomic E-state index is 0.0267. The molecule has 3 aromatic carbocycles. The summed E-state index contributed by atoms with van der Waals surface area (Å²) in [5.41, 5.74) is 7.88. The lowest BCUT2D eigenvalue weighted by atomic mass is 10.1. The Morgan fingerprint density at radius 2 is 1.54 bits per heavy atom. The SMILES string of the molecule is C=C[N+](CC)(CCCN(C(=O)c1cccc(Br)c1)c1cc(C)cc(C)c1)Cc1cc(C)cc(C)c1. The number of carbonyl (C=O) groups is 1. The van der Waals surface area contributed by atoms with Crippen molar-refractivity contribution in [1.29, 1.82) is 0 Å². The first-order valence-electron chi connectivity index (χ1n) is 12.4. The van der Waals surface area contributed by atoms with Gasteiger partial charge in [0.15, 0.2) is 0 Å². The number of benzene rings is 3. The number of amides is 1. The Labute approximate surface area is 219 Å². The van der Waals surface area contributed by atoms with Gasteiger partial charge >= 0.3 is 0 Å². The first-order chi connectivity index (χ1) is 16.6. The van der Waals surface area contributed by atoms with E-state index < -0.39 is 0 Å². The van der Waals surface area contributed by atoms with E-state index >= 15 is 0 Å². The van der Waals surface area contributed by atoms with E-state index in [-0.39, 0.29) is 5.91 Å². The van der Waals surface area contributed by atoms with Gasteiger partial charge in [0.1, 0.15) is 6.54 Å². The summed E-state index contributed by atoms with van der Waals surface area (Å²) >= 11 is 3.51. The average molecular weight is 535 g/mol. The lowest BCUT2D eigenvalue weighted by Gasteiger charge is -2.35. The van der Waals surface area contributed by atoms with Gasteiger partial charge in [-0.3, -0.25) is 9.28 Å². The lowest BCUT2D eigenvalue weighted by molar-refractivity contribution is -0.891. The monoisotopic (exact) mass is 533 g/mol. The maximum absolute atomic E-state index is 13.7. The Balaban J connectivity index is 1.85. The lowest BCUT2D eigenvalue weighted by Crippen LogP contribution is -2.44. The summed E-state index contributed by atoms with van der Waals surface area (Å²) in [7, 11) is 0. The number of rotatable bonds is 10. The van der Waals surface area contributed by atoms with Crippen LogP contribution in [0.3, 0.4) is 0 Å². The summed E-state index contributed by atoms with van der Waals surface area (Å²) in [6.07, 6.45) is 2.95. The quantitative estimate of drug-likeness (QED) is 0.242. The van der Waals surface area contributed by atoms with Gasteiger partial charge in [-0.1, -0.05) is 57.4 Å². The molecular weight excluding hydrogens is 496 g/mol. The predicted molar refractivity (Wildman–Crippen MR) is 152 cm³/mol. The van der Waals surface area contributed by atoms with Crippen LogP contribution >= 0.6 is 15.9 Å². The van der Waals surface area contributed by atoms with Crippen molar-refractivity contribution in [2.75, 3.05) is 24.5 Å². The molecule has 0 aliphatic heterocycles.